The quantitative estimate of drug-likeness (QED) is 0.528. The van der Waals surface area contributed by atoms with Gasteiger partial charge in [0.05, 0.1) is 11.6 Å². The summed E-state index contributed by atoms with van der Waals surface area (Å²) in [4.78, 5) is 12.0. The molecule has 1 atom stereocenters. The van der Waals surface area contributed by atoms with Gasteiger partial charge in [0.15, 0.2) is 5.16 Å². The number of hydrogen-bond acceptors (Lipinski definition) is 7. The van der Waals surface area contributed by atoms with Crippen molar-refractivity contribution < 1.29 is 4.74 Å². The molecule has 0 radical (unpaired) electrons. The Morgan fingerprint density at radius 3 is 2.61 bits per heavy atom. The number of anilines is 1. The minimum atomic E-state index is -0.0723. The highest BCUT2D eigenvalue weighted by molar-refractivity contribution is 7.98. The summed E-state index contributed by atoms with van der Waals surface area (Å²) in [5.41, 5.74) is 4.27. The standard InChI is InChI=1S/C20H26N4OS.C2H3N.C2H6/c1-26-19-22-17(24-10-8-21-9-11-24)16-6-7-20(25-18(16)23-19)12-14-4-2-3-5-15(14)13-20;1-2-3;1-2/h2,4,21H,3,5-13H2,1H3;1H3;1-2H3. The molecule has 3 heterocycles. The van der Waals surface area contributed by atoms with Crippen molar-refractivity contribution in [3.05, 3.63) is 28.9 Å². The summed E-state index contributed by atoms with van der Waals surface area (Å²) in [6, 6.07) is 1.75. The third kappa shape index (κ3) is 5.24. The molecule has 1 aromatic rings. The lowest BCUT2D eigenvalue weighted by Gasteiger charge is -2.38. The van der Waals surface area contributed by atoms with E-state index in [-0.39, 0.29) is 5.60 Å². The predicted molar refractivity (Wildman–Crippen MR) is 128 cm³/mol. The summed E-state index contributed by atoms with van der Waals surface area (Å²) in [5.74, 6) is 1.94. The molecule has 1 N–H and O–H groups in total. The molecule has 0 bridgehead atoms. The van der Waals surface area contributed by atoms with E-state index in [1.807, 2.05) is 20.1 Å². The van der Waals surface area contributed by atoms with Crippen LogP contribution in [-0.4, -0.2) is 48.0 Å². The fourth-order valence-electron chi connectivity index (χ4n) is 4.77. The highest BCUT2D eigenvalue weighted by atomic mass is 32.2. The molecule has 1 spiro atoms. The second kappa shape index (κ2) is 11.0. The van der Waals surface area contributed by atoms with Crippen LogP contribution in [0.3, 0.4) is 0 Å². The molecular weight excluding hydrogens is 406 g/mol. The van der Waals surface area contributed by atoms with Crippen LogP contribution < -0.4 is 15.0 Å². The van der Waals surface area contributed by atoms with E-state index in [0.717, 1.165) is 68.7 Å². The maximum atomic E-state index is 7.32. The molecule has 1 fully saturated rings. The van der Waals surface area contributed by atoms with E-state index in [0.29, 0.717) is 0 Å². The van der Waals surface area contributed by atoms with Crippen LogP contribution >= 0.6 is 11.8 Å². The zero-order valence-corrected chi connectivity index (χ0v) is 20.1. The molecule has 0 amide bonds. The van der Waals surface area contributed by atoms with Crippen LogP contribution in [0.2, 0.25) is 0 Å². The number of aromatic nitrogens is 2. The lowest BCUT2D eigenvalue weighted by Crippen LogP contribution is -2.45. The minimum absolute atomic E-state index is 0.0723. The van der Waals surface area contributed by atoms with Crippen molar-refractivity contribution in [2.24, 2.45) is 0 Å². The summed E-state index contributed by atoms with van der Waals surface area (Å²) in [7, 11) is 0. The second-order valence-electron chi connectivity index (χ2n) is 7.99. The Kier molecular flexibility index (Phi) is 8.39. The molecule has 0 saturated carbocycles. The molecule has 2 aliphatic carbocycles. The lowest BCUT2D eigenvalue weighted by atomic mass is 9.88. The Labute approximate surface area is 191 Å². The molecular formula is C24H35N5OS. The van der Waals surface area contributed by atoms with Crippen molar-refractivity contribution in [3.8, 4) is 11.9 Å². The first-order chi connectivity index (χ1) is 15.2. The van der Waals surface area contributed by atoms with Crippen LogP contribution in [0, 0.1) is 11.3 Å². The molecule has 2 aliphatic heterocycles. The molecule has 4 aliphatic rings. The maximum absolute atomic E-state index is 7.32. The Bertz CT molecular complexity index is 869. The Hall–Kier alpha value is -2.04. The van der Waals surface area contributed by atoms with E-state index < -0.39 is 0 Å². The molecule has 0 aromatic carbocycles. The molecule has 1 saturated heterocycles. The first-order valence-electron chi connectivity index (χ1n) is 11.5. The van der Waals surface area contributed by atoms with E-state index in [2.05, 4.69) is 22.4 Å². The average Bonchev–Trinajstić information content (AvgIpc) is 3.17. The minimum Gasteiger partial charge on any atom is -0.470 e. The molecule has 168 valence electrons. The summed E-state index contributed by atoms with van der Waals surface area (Å²) >= 11 is 1.60. The number of thioether (sulfide) groups is 1. The number of rotatable bonds is 2. The van der Waals surface area contributed by atoms with Crippen LogP contribution in [0.15, 0.2) is 28.5 Å². The number of nitrogens with zero attached hydrogens (tertiary/aromatic N) is 4. The zero-order valence-electron chi connectivity index (χ0n) is 19.3. The van der Waals surface area contributed by atoms with Gasteiger partial charge in [-0.15, -0.1) is 0 Å². The monoisotopic (exact) mass is 441 g/mol. The van der Waals surface area contributed by atoms with Gasteiger partial charge in [0.2, 0.25) is 5.88 Å². The highest BCUT2D eigenvalue weighted by Gasteiger charge is 2.44. The molecule has 5 rings (SSSR count). The topological polar surface area (TPSA) is 74.1 Å². The Balaban J connectivity index is 0.000000504. The fourth-order valence-corrected chi connectivity index (χ4v) is 5.12. The van der Waals surface area contributed by atoms with Crippen molar-refractivity contribution in [1.82, 2.24) is 15.3 Å². The normalized spacial score (nSPS) is 23.5. The number of hydrogen-bond donors (Lipinski definition) is 1. The van der Waals surface area contributed by atoms with E-state index in [1.165, 1.54) is 30.9 Å². The van der Waals surface area contributed by atoms with Gasteiger partial charge in [-0.05, 0) is 37.5 Å². The summed E-state index contributed by atoms with van der Waals surface area (Å²) in [6.45, 7) is 9.47. The van der Waals surface area contributed by atoms with Crippen LogP contribution in [0.25, 0.3) is 0 Å². The molecule has 31 heavy (non-hydrogen) atoms. The third-order valence-electron chi connectivity index (χ3n) is 6.10. The smallest absolute Gasteiger partial charge is 0.223 e. The average molecular weight is 442 g/mol. The number of fused-ring (bicyclic) bond motifs is 1. The Morgan fingerprint density at radius 2 is 1.94 bits per heavy atom. The van der Waals surface area contributed by atoms with E-state index in [1.54, 1.807) is 23.4 Å². The van der Waals surface area contributed by atoms with Crippen LogP contribution in [0.1, 0.15) is 58.4 Å². The molecule has 1 unspecified atom stereocenters. The number of ether oxygens (including phenoxy) is 1. The largest absolute Gasteiger partial charge is 0.470 e. The van der Waals surface area contributed by atoms with Gasteiger partial charge in [-0.1, -0.05) is 43.3 Å². The van der Waals surface area contributed by atoms with Gasteiger partial charge in [0.1, 0.15) is 11.4 Å². The van der Waals surface area contributed by atoms with Crippen molar-refractivity contribution in [1.29, 1.82) is 5.26 Å². The third-order valence-corrected chi connectivity index (χ3v) is 6.65. The second-order valence-corrected chi connectivity index (χ2v) is 8.76. The van der Waals surface area contributed by atoms with Crippen molar-refractivity contribution >= 4 is 17.6 Å². The molecule has 6 nitrogen and oxygen atoms in total. The van der Waals surface area contributed by atoms with Gasteiger partial charge in [-0.3, -0.25) is 0 Å². The molecule has 1 aromatic heterocycles. The van der Waals surface area contributed by atoms with Gasteiger partial charge in [0.25, 0.3) is 0 Å². The number of nitriles is 1. The maximum Gasteiger partial charge on any atom is 0.223 e. The SMILES string of the molecule is CC.CC#N.CSc1nc2c(c(N3CCNCC3)n1)CCC1(CC3=C(CCC=C3)C1)O2. The van der Waals surface area contributed by atoms with Gasteiger partial charge < -0.3 is 15.0 Å². The number of nitrogens with one attached hydrogen (secondary N) is 1. The summed E-state index contributed by atoms with van der Waals surface area (Å²) < 4.78 is 6.66. The van der Waals surface area contributed by atoms with E-state index in [4.69, 9.17) is 20.0 Å². The van der Waals surface area contributed by atoms with Gasteiger partial charge >= 0.3 is 0 Å². The van der Waals surface area contributed by atoms with Gasteiger partial charge in [-0.2, -0.15) is 10.2 Å². The first-order valence-corrected chi connectivity index (χ1v) is 12.7. The first kappa shape index (κ1) is 23.6. The zero-order chi connectivity index (χ0) is 22.3. The van der Waals surface area contributed by atoms with Crippen LogP contribution in [0.4, 0.5) is 5.82 Å². The lowest BCUT2D eigenvalue weighted by molar-refractivity contribution is 0.0495. The van der Waals surface area contributed by atoms with Gasteiger partial charge in [-0.25, -0.2) is 4.98 Å². The van der Waals surface area contributed by atoms with Crippen LogP contribution in [0.5, 0.6) is 5.88 Å². The van der Waals surface area contributed by atoms with E-state index >= 15 is 0 Å². The number of piperazine rings is 1. The molecule has 7 heteroatoms. The van der Waals surface area contributed by atoms with Crippen molar-refractivity contribution in [3.63, 3.8) is 0 Å². The number of allylic oxidation sites excluding steroid dienone is 2. The summed E-state index contributed by atoms with van der Waals surface area (Å²) in [5, 5.41) is 11.6. The van der Waals surface area contributed by atoms with Crippen molar-refractivity contribution in [2.75, 3.05) is 37.3 Å². The van der Waals surface area contributed by atoms with Crippen molar-refractivity contribution in [2.45, 2.75) is 70.1 Å². The fraction of sp³-hybridized carbons (Fsp3) is 0.625. The highest BCUT2D eigenvalue weighted by Crippen LogP contribution is 2.48. The van der Waals surface area contributed by atoms with Crippen LogP contribution in [-0.2, 0) is 6.42 Å². The van der Waals surface area contributed by atoms with Gasteiger partial charge in [0, 0.05) is 45.9 Å². The predicted octanol–water partition coefficient (Wildman–Crippen LogP) is 4.67. The van der Waals surface area contributed by atoms with E-state index in [9.17, 15) is 0 Å². The summed E-state index contributed by atoms with van der Waals surface area (Å²) in [6.07, 6.45) is 13.3. The Morgan fingerprint density at radius 1 is 1.19 bits per heavy atom.